The normalized spacial score (nSPS) is 10.2. The van der Waals surface area contributed by atoms with E-state index in [0.29, 0.717) is 22.8 Å². The molecule has 0 bridgehead atoms. The molecule has 16 heavy (non-hydrogen) atoms. The first kappa shape index (κ1) is 13.1. The van der Waals surface area contributed by atoms with Gasteiger partial charge in [-0.3, -0.25) is 4.39 Å². The number of rotatable bonds is 6. The van der Waals surface area contributed by atoms with Gasteiger partial charge in [-0.05, 0) is 12.1 Å². The number of aliphatic hydroxyl groups excluding tert-OH is 1. The van der Waals surface area contributed by atoms with Crippen LogP contribution < -0.4 is 9.47 Å². The van der Waals surface area contributed by atoms with Crippen LogP contribution in [0.1, 0.15) is 5.56 Å². The van der Waals surface area contributed by atoms with Crippen molar-refractivity contribution in [2.75, 3.05) is 26.6 Å². The Balaban J connectivity index is 3.05. The van der Waals surface area contributed by atoms with E-state index in [1.54, 1.807) is 19.2 Å². The smallest absolute Gasteiger partial charge is 0.133 e. The monoisotopic (exact) mass is 246 g/mol. The van der Waals surface area contributed by atoms with Crippen molar-refractivity contribution in [3.63, 3.8) is 0 Å². The molecule has 0 saturated heterocycles. The number of benzene rings is 1. The van der Waals surface area contributed by atoms with Gasteiger partial charge in [0.15, 0.2) is 0 Å². The van der Waals surface area contributed by atoms with Gasteiger partial charge in [0.2, 0.25) is 0 Å². The number of ether oxygens (including phenoxy) is 2. The molecule has 0 atom stereocenters. The summed E-state index contributed by atoms with van der Waals surface area (Å²) in [4.78, 5) is 0.814. The van der Waals surface area contributed by atoms with Gasteiger partial charge in [0.05, 0.1) is 32.4 Å². The Morgan fingerprint density at radius 3 is 2.44 bits per heavy atom. The summed E-state index contributed by atoms with van der Waals surface area (Å²) in [5, 5.41) is 9.13. The second-order valence-corrected chi connectivity index (χ2v) is 4.15. The van der Waals surface area contributed by atoms with E-state index in [2.05, 4.69) is 0 Å². The predicted octanol–water partition coefficient (Wildman–Crippen LogP) is 2.26. The van der Waals surface area contributed by atoms with Gasteiger partial charge in [0.1, 0.15) is 11.5 Å². The highest BCUT2D eigenvalue weighted by atomic mass is 32.2. The lowest BCUT2D eigenvalue weighted by Crippen LogP contribution is -1.96. The first-order valence-corrected chi connectivity index (χ1v) is 5.79. The van der Waals surface area contributed by atoms with E-state index >= 15 is 0 Å². The van der Waals surface area contributed by atoms with Crippen molar-refractivity contribution in [3.05, 3.63) is 17.7 Å². The number of thioether (sulfide) groups is 1. The Morgan fingerprint density at radius 2 is 1.94 bits per heavy atom. The maximum Gasteiger partial charge on any atom is 0.133 e. The molecule has 0 aliphatic heterocycles. The molecule has 1 aromatic carbocycles. The van der Waals surface area contributed by atoms with E-state index in [9.17, 15) is 4.39 Å². The number of aliphatic hydroxyl groups is 1. The van der Waals surface area contributed by atoms with Crippen LogP contribution in [0.15, 0.2) is 17.0 Å². The van der Waals surface area contributed by atoms with Crippen molar-refractivity contribution in [1.29, 1.82) is 0 Å². The summed E-state index contributed by atoms with van der Waals surface area (Å²) in [5.41, 5.74) is 0.656. The fourth-order valence-electron chi connectivity index (χ4n) is 1.32. The third-order valence-corrected chi connectivity index (χ3v) is 3.06. The highest BCUT2D eigenvalue weighted by Gasteiger charge is 2.10. The highest BCUT2D eigenvalue weighted by molar-refractivity contribution is 7.99. The average molecular weight is 246 g/mol. The molecule has 0 heterocycles. The predicted molar refractivity (Wildman–Crippen MR) is 62.2 cm³/mol. The zero-order chi connectivity index (χ0) is 12.0. The Kier molecular flexibility index (Phi) is 5.42. The lowest BCUT2D eigenvalue weighted by Gasteiger charge is -2.12. The Bertz CT molecular complexity index is 344. The molecule has 90 valence electrons. The van der Waals surface area contributed by atoms with Crippen LogP contribution in [0.3, 0.4) is 0 Å². The van der Waals surface area contributed by atoms with Crippen molar-refractivity contribution in [2.45, 2.75) is 11.5 Å². The third-order valence-electron chi connectivity index (χ3n) is 2.07. The molecule has 1 N–H and O–H groups in total. The number of halogens is 1. The average Bonchev–Trinajstić information content (AvgIpc) is 2.35. The maximum atomic E-state index is 12.1. The minimum Gasteiger partial charge on any atom is -0.496 e. The van der Waals surface area contributed by atoms with Crippen molar-refractivity contribution >= 4 is 11.8 Å². The van der Waals surface area contributed by atoms with E-state index in [1.807, 2.05) is 0 Å². The molecule has 0 amide bonds. The van der Waals surface area contributed by atoms with Crippen LogP contribution in [0.4, 0.5) is 4.39 Å². The minimum absolute atomic E-state index is 0.117. The highest BCUT2D eigenvalue weighted by Crippen LogP contribution is 2.35. The van der Waals surface area contributed by atoms with Crippen molar-refractivity contribution in [1.82, 2.24) is 0 Å². The standard InChI is InChI=1S/C11H15FO3S/c1-14-9-6-11(16-4-3-12)10(15-2)5-8(9)7-13/h5-6,13H,3-4,7H2,1-2H3. The Hall–Kier alpha value is -0.940. The Labute approximate surface area is 98.6 Å². The second kappa shape index (κ2) is 6.60. The Morgan fingerprint density at radius 1 is 1.25 bits per heavy atom. The maximum absolute atomic E-state index is 12.1. The second-order valence-electron chi connectivity index (χ2n) is 3.01. The SMILES string of the molecule is COc1cc(SCCF)c(OC)cc1CO. The molecule has 0 aromatic heterocycles. The molecule has 1 rings (SSSR count). The summed E-state index contributed by atoms with van der Waals surface area (Å²) in [5.74, 6) is 1.59. The summed E-state index contributed by atoms with van der Waals surface area (Å²) < 4.78 is 22.4. The summed E-state index contributed by atoms with van der Waals surface area (Å²) in [6.07, 6.45) is 0. The van der Waals surface area contributed by atoms with Crippen LogP contribution >= 0.6 is 11.8 Å². The van der Waals surface area contributed by atoms with Gasteiger partial charge in [0.25, 0.3) is 0 Å². The van der Waals surface area contributed by atoms with Crippen LogP contribution in [-0.2, 0) is 6.61 Å². The van der Waals surface area contributed by atoms with E-state index in [1.165, 1.54) is 18.9 Å². The van der Waals surface area contributed by atoms with Crippen LogP contribution in [-0.4, -0.2) is 31.8 Å². The quantitative estimate of drug-likeness (QED) is 0.781. The van der Waals surface area contributed by atoms with Gasteiger partial charge in [-0.25, -0.2) is 0 Å². The molecule has 1 aromatic rings. The van der Waals surface area contributed by atoms with Crippen LogP contribution in [0.25, 0.3) is 0 Å². The first-order chi connectivity index (χ1) is 7.76. The molecule has 0 aliphatic carbocycles. The molecule has 0 fully saturated rings. The fraction of sp³-hybridized carbons (Fsp3) is 0.455. The van der Waals surface area contributed by atoms with Gasteiger partial charge < -0.3 is 14.6 Å². The first-order valence-electron chi connectivity index (χ1n) is 4.81. The topological polar surface area (TPSA) is 38.7 Å². The lowest BCUT2D eigenvalue weighted by molar-refractivity contribution is 0.272. The number of alkyl halides is 1. The summed E-state index contributed by atoms with van der Waals surface area (Å²) in [7, 11) is 3.08. The van der Waals surface area contributed by atoms with E-state index in [4.69, 9.17) is 14.6 Å². The van der Waals surface area contributed by atoms with E-state index in [-0.39, 0.29) is 6.61 Å². The molecule has 0 saturated carbocycles. The minimum atomic E-state index is -0.391. The van der Waals surface area contributed by atoms with Gasteiger partial charge in [-0.15, -0.1) is 11.8 Å². The van der Waals surface area contributed by atoms with Crippen LogP contribution in [0, 0.1) is 0 Å². The summed E-state index contributed by atoms with van der Waals surface area (Å²) in [6, 6.07) is 3.46. The molecule has 5 heteroatoms. The zero-order valence-corrected chi connectivity index (χ0v) is 10.1. The van der Waals surface area contributed by atoms with Gasteiger partial charge in [0, 0.05) is 11.3 Å². The number of methoxy groups -OCH3 is 2. The van der Waals surface area contributed by atoms with E-state index in [0.717, 1.165) is 4.90 Å². The summed E-state index contributed by atoms with van der Waals surface area (Å²) >= 11 is 1.36. The third kappa shape index (κ3) is 3.02. The van der Waals surface area contributed by atoms with Gasteiger partial charge in [-0.2, -0.15) is 0 Å². The van der Waals surface area contributed by atoms with E-state index < -0.39 is 6.67 Å². The van der Waals surface area contributed by atoms with Crippen LogP contribution in [0.5, 0.6) is 11.5 Å². The van der Waals surface area contributed by atoms with Crippen molar-refractivity contribution < 1.29 is 19.0 Å². The molecule has 0 unspecified atom stereocenters. The molecule has 0 spiro atoms. The number of hydrogen-bond donors (Lipinski definition) is 1. The van der Waals surface area contributed by atoms with Gasteiger partial charge >= 0.3 is 0 Å². The van der Waals surface area contributed by atoms with Crippen LogP contribution in [0.2, 0.25) is 0 Å². The molecular formula is C11H15FO3S. The van der Waals surface area contributed by atoms with Crippen molar-refractivity contribution in [3.8, 4) is 11.5 Å². The van der Waals surface area contributed by atoms with Crippen molar-refractivity contribution in [2.24, 2.45) is 0 Å². The molecule has 0 radical (unpaired) electrons. The van der Waals surface area contributed by atoms with Gasteiger partial charge in [-0.1, -0.05) is 0 Å². The largest absolute Gasteiger partial charge is 0.496 e. The molecular weight excluding hydrogens is 231 g/mol. The lowest BCUT2D eigenvalue weighted by atomic mass is 10.2. The zero-order valence-electron chi connectivity index (χ0n) is 9.33. The fourth-order valence-corrected chi connectivity index (χ4v) is 2.09. The number of hydrogen-bond acceptors (Lipinski definition) is 4. The molecule has 3 nitrogen and oxygen atoms in total. The summed E-state index contributed by atoms with van der Waals surface area (Å²) in [6.45, 7) is -0.508. The molecule has 0 aliphatic rings.